The van der Waals surface area contributed by atoms with Gasteiger partial charge in [-0.2, -0.15) is 0 Å². The summed E-state index contributed by atoms with van der Waals surface area (Å²) in [7, 11) is 0. The van der Waals surface area contributed by atoms with Crippen molar-refractivity contribution in [3.8, 4) is 33.9 Å². The molecule has 4 nitrogen and oxygen atoms in total. The molecular formula is C48H34N4S. The summed E-state index contributed by atoms with van der Waals surface area (Å²) in [6.45, 7) is 4.78. The predicted octanol–water partition coefficient (Wildman–Crippen LogP) is 12.1. The van der Waals surface area contributed by atoms with E-state index in [-0.39, 0.29) is 11.3 Å². The van der Waals surface area contributed by atoms with E-state index < -0.39 is 0 Å². The highest BCUT2D eigenvalue weighted by atomic mass is 32.1. The highest BCUT2D eigenvalue weighted by molar-refractivity contribution is 7.19. The van der Waals surface area contributed by atoms with Crippen LogP contribution < -0.4 is 0 Å². The standard InChI is InChI=1S/C48H34N4S/c1-48(2)36-22-12-9-19-32(36)33-25-26-38-43(44(33)48)34-20-10-13-23-37(34)52(38)39-27-31(28-41-42(39)35-21-11-14-24-40(35)53-41)47-50-45(29-15-5-3-6-16-29)49-46(51-47)30-17-7-4-8-18-30/h3-27,31H,28H2,1-2H3. The third kappa shape index (κ3) is 4.50. The predicted molar refractivity (Wildman–Crippen MR) is 219 cm³/mol. The number of hydrogen-bond donors (Lipinski definition) is 0. The number of para-hydroxylation sites is 1. The van der Waals surface area contributed by atoms with Crippen LogP contribution in [0.5, 0.6) is 0 Å². The van der Waals surface area contributed by atoms with Crippen molar-refractivity contribution in [1.29, 1.82) is 0 Å². The summed E-state index contributed by atoms with van der Waals surface area (Å²) in [6.07, 6.45) is 3.26. The molecule has 9 aromatic rings. The molecular weight excluding hydrogens is 665 g/mol. The Morgan fingerprint density at radius 1 is 0.604 bits per heavy atom. The van der Waals surface area contributed by atoms with Crippen molar-refractivity contribution in [2.24, 2.45) is 0 Å². The first-order valence-electron chi connectivity index (χ1n) is 18.3. The first-order valence-corrected chi connectivity index (χ1v) is 19.1. The maximum absolute atomic E-state index is 5.24. The second-order valence-electron chi connectivity index (χ2n) is 14.7. The molecule has 1 unspecified atom stereocenters. The number of fused-ring (bicyclic) bond motifs is 10. The molecule has 0 saturated heterocycles. The zero-order valence-corrected chi connectivity index (χ0v) is 30.2. The molecule has 252 valence electrons. The Kier molecular flexibility index (Phi) is 6.56. The molecule has 11 rings (SSSR count). The molecule has 0 fully saturated rings. The Hall–Kier alpha value is -6.17. The fourth-order valence-corrected chi connectivity index (χ4v) is 10.3. The van der Waals surface area contributed by atoms with Gasteiger partial charge in [0, 0.05) is 53.8 Å². The van der Waals surface area contributed by atoms with E-state index in [1.54, 1.807) is 0 Å². The zero-order chi connectivity index (χ0) is 35.3. The molecule has 2 aliphatic rings. The first kappa shape index (κ1) is 30.5. The summed E-state index contributed by atoms with van der Waals surface area (Å²) in [5, 5.41) is 3.91. The lowest BCUT2D eigenvalue weighted by Crippen LogP contribution is -2.16. The SMILES string of the molecule is CC1(C)c2ccccc2-c2ccc3c(c21)c1ccccc1n3C1=CC(c2nc(-c3ccccc3)nc(-c3ccccc3)n2)Cc2sc3ccccc3c21. The van der Waals surface area contributed by atoms with Gasteiger partial charge in [-0.25, -0.2) is 15.0 Å². The quantitative estimate of drug-likeness (QED) is 0.184. The van der Waals surface area contributed by atoms with E-state index in [1.165, 1.54) is 70.3 Å². The van der Waals surface area contributed by atoms with Gasteiger partial charge in [0.05, 0.1) is 16.7 Å². The molecule has 0 amide bonds. The van der Waals surface area contributed by atoms with Crippen molar-refractivity contribution < 1.29 is 0 Å². The van der Waals surface area contributed by atoms with Crippen molar-refractivity contribution in [3.05, 3.63) is 179 Å². The van der Waals surface area contributed by atoms with Crippen molar-refractivity contribution in [2.45, 2.75) is 31.6 Å². The third-order valence-corrected chi connectivity index (χ3v) is 12.5. The van der Waals surface area contributed by atoms with Crippen molar-refractivity contribution >= 4 is 48.9 Å². The molecule has 0 aliphatic heterocycles. The summed E-state index contributed by atoms with van der Waals surface area (Å²) in [5.41, 5.74) is 12.2. The Morgan fingerprint density at radius 2 is 1.25 bits per heavy atom. The molecule has 2 aliphatic carbocycles. The van der Waals surface area contributed by atoms with E-state index in [9.17, 15) is 0 Å². The lowest BCUT2D eigenvalue weighted by molar-refractivity contribution is 0.666. The van der Waals surface area contributed by atoms with Gasteiger partial charge in [-0.05, 0) is 52.9 Å². The molecule has 5 heteroatoms. The van der Waals surface area contributed by atoms with Gasteiger partial charge in [-0.1, -0.05) is 141 Å². The van der Waals surface area contributed by atoms with E-state index in [0.717, 1.165) is 23.4 Å². The smallest absolute Gasteiger partial charge is 0.163 e. The molecule has 0 N–H and O–H groups in total. The van der Waals surface area contributed by atoms with Crippen LogP contribution in [-0.4, -0.2) is 19.5 Å². The number of aromatic nitrogens is 4. The van der Waals surface area contributed by atoms with Crippen LogP contribution in [0.2, 0.25) is 0 Å². The second-order valence-corrected chi connectivity index (χ2v) is 15.9. The van der Waals surface area contributed by atoms with Gasteiger partial charge in [-0.15, -0.1) is 11.3 Å². The Balaban J connectivity index is 1.20. The third-order valence-electron chi connectivity index (χ3n) is 11.3. The molecule has 53 heavy (non-hydrogen) atoms. The molecule has 0 bridgehead atoms. The molecule has 6 aromatic carbocycles. The minimum Gasteiger partial charge on any atom is -0.309 e. The minimum absolute atomic E-state index is 0.0650. The second kappa shape index (κ2) is 11.4. The van der Waals surface area contributed by atoms with Crippen LogP contribution >= 0.6 is 11.3 Å². The lowest BCUT2D eigenvalue weighted by atomic mass is 9.80. The minimum atomic E-state index is -0.142. The van der Waals surface area contributed by atoms with Gasteiger partial charge in [0.15, 0.2) is 11.6 Å². The van der Waals surface area contributed by atoms with Gasteiger partial charge in [0.1, 0.15) is 5.82 Å². The summed E-state index contributed by atoms with van der Waals surface area (Å²) in [4.78, 5) is 16.9. The summed E-state index contributed by atoms with van der Waals surface area (Å²) in [5.74, 6) is 2.11. The van der Waals surface area contributed by atoms with Gasteiger partial charge in [0.25, 0.3) is 0 Å². The lowest BCUT2D eigenvalue weighted by Gasteiger charge is -2.24. The number of nitrogens with zero attached hydrogens (tertiary/aromatic N) is 4. The summed E-state index contributed by atoms with van der Waals surface area (Å²) in [6, 6.07) is 52.0. The van der Waals surface area contributed by atoms with E-state index in [0.29, 0.717) is 11.6 Å². The number of allylic oxidation sites excluding steroid dienone is 1. The molecule has 3 heterocycles. The highest BCUT2D eigenvalue weighted by Crippen LogP contribution is 2.54. The summed E-state index contributed by atoms with van der Waals surface area (Å²) >= 11 is 1.90. The monoisotopic (exact) mass is 698 g/mol. The fourth-order valence-electron chi connectivity index (χ4n) is 8.99. The molecule has 0 spiro atoms. The molecule has 3 aromatic heterocycles. The Bertz CT molecular complexity index is 2890. The molecule has 0 saturated carbocycles. The van der Waals surface area contributed by atoms with Crippen molar-refractivity contribution in [1.82, 2.24) is 19.5 Å². The topological polar surface area (TPSA) is 43.6 Å². The fraction of sp³-hybridized carbons (Fsp3) is 0.104. The van der Waals surface area contributed by atoms with Gasteiger partial charge in [-0.3, -0.25) is 0 Å². The van der Waals surface area contributed by atoms with E-state index >= 15 is 0 Å². The maximum atomic E-state index is 5.24. The zero-order valence-electron chi connectivity index (χ0n) is 29.4. The average molecular weight is 699 g/mol. The van der Waals surface area contributed by atoms with Crippen LogP contribution in [0, 0.1) is 0 Å². The van der Waals surface area contributed by atoms with Gasteiger partial charge >= 0.3 is 0 Å². The van der Waals surface area contributed by atoms with Crippen molar-refractivity contribution in [2.75, 3.05) is 0 Å². The van der Waals surface area contributed by atoms with Crippen LogP contribution in [0.1, 0.15) is 47.2 Å². The normalized spacial score (nSPS) is 15.7. The van der Waals surface area contributed by atoms with E-state index in [2.05, 4.69) is 134 Å². The Labute approximate surface area is 311 Å². The summed E-state index contributed by atoms with van der Waals surface area (Å²) < 4.78 is 3.83. The number of benzene rings is 6. The van der Waals surface area contributed by atoms with Gasteiger partial charge in [0.2, 0.25) is 0 Å². The highest BCUT2D eigenvalue weighted by Gasteiger charge is 2.39. The number of hydrogen-bond acceptors (Lipinski definition) is 4. The van der Waals surface area contributed by atoms with Crippen LogP contribution in [0.15, 0.2) is 152 Å². The molecule has 0 radical (unpaired) electrons. The van der Waals surface area contributed by atoms with E-state index in [1.807, 2.05) is 47.7 Å². The van der Waals surface area contributed by atoms with Crippen LogP contribution in [0.25, 0.3) is 71.5 Å². The van der Waals surface area contributed by atoms with Crippen LogP contribution in [0.4, 0.5) is 0 Å². The van der Waals surface area contributed by atoms with E-state index in [4.69, 9.17) is 15.0 Å². The maximum Gasteiger partial charge on any atom is 0.163 e. The van der Waals surface area contributed by atoms with Gasteiger partial charge < -0.3 is 4.57 Å². The number of rotatable bonds is 4. The van der Waals surface area contributed by atoms with Crippen LogP contribution in [-0.2, 0) is 11.8 Å². The number of thiophene rings is 1. The average Bonchev–Trinajstić information content (AvgIpc) is 3.83. The van der Waals surface area contributed by atoms with Crippen molar-refractivity contribution in [3.63, 3.8) is 0 Å². The molecule has 1 atom stereocenters. The van der Waals surface area contributed by atoms with Crippen LogP contribution in [0.3, 0.4) is 0 Å². The first-order chi connectivity index (χ1) is 26.0. The Morgan fingerprint density at radius 3 is 2.00 bits per heavy atom. The largest absolute Gasteiger partial charge is 0.309 e.